The van der Waals surface area contributed by atoms with Gasteiger partial charge >= 0.3 is 0 Å². The fourth-order valence-corrected chi connectivity index (χ4v) is 2.02. The quantitative estimate of drug-likeness (QED) is 0.877. The zero-order valence-corrected chi connectivity index (χ0v) is 10.3. The van der Waals surface area contributed by atoms with E-state index < -0.39 is 0 Å². The molecule has 1 fully saturated rings. The predicted octanol–water partition coefficient (Wildman–Crippen LogP) is 3.04. The van der Waals surface area contributed by atoms with E-state index in [2.05, 4.69) is 21.2 Å². The molecule has 2 rings (SSSR count). The molecule has 1 N–H and O–H groups in total. The summed E-state index contributed by atoms with van der Waals surface area (Å²) in [7, 11) is 0. The zero-order valence-electron chi connectivity index (χ0n) is 8.72. The highest BCUT2D eigenvalue weighted by Crippen LogP contribution is 2.20. The molecule has 3 heteroatoms. The van der Waals surface area contributed by atoms with E-state index in [9.17, 15) is 4.79 Å². The van der Waals surface area contributed by atoms with Gasteiger partial charge in [0, 0.05) is 16.1 Å². The molecule has 1 aliphatic rings. The van der Waals surface area contributed by atoms with Crippen LogP contribution < -0.4 is 5.32 Å². The van der Waals surface area contributed by atoms with Crippen LogP contribution in [0.3, 0.4) is 0 Å². The Kier molecular flexibility index (Phi) is 3.10. The number of hydrogen-bond donors (Lipinski definition) is 1. The monoisotopic (exact) mass is 267 g/mol. The summed E-state index contributed by atoms with van der Waals surface area (Å²) in [6, 6.07) is 6.19. The van der Waals surface area contributed by atoms with Crippen LogP contribution in [0.2, 0.25) is 0 Å². The average Bonchev–Trinajstić information content (AvgIpc) is 2.15. The van der Waals surface area contributed by atoms with Gasteiger partial charge in [0.15, 0.2) is 0 Å². The van der Waals surface area contributed by atoms with Crippen LogP contribution in [0.4, 0.5) is 0 Å². The van der Waals surface area contributed by atoms with Gasteiger partial charge in [-0.2, -0.15) is 0 Å². The highest BCUT2D eigenvalue weighted by atomic mass is 79.9. The van der Waals surface area contributed by atoms with Crippen molar-refractivity contribution in [3.8, 4) is 0 Å². The molecule has 1 aromatic rings. The van der Waals surface area contributed by atoms with Crippen molar-refractivity contribution < 1.29 is 4.79 Å². The standard InChI is InChI=1S/C12H14BrNO/c1-8-5-6-9(13)7-11(8)12(15)14-10-3-2-4-10/h5-7,10H,2-4H2,1H3,(H,14,15). The van der Waals surface area contributed by atoms with Crippen LogP contribution in [0, 0.1) is 6.92 Å². The van der Waals surface area contributed by atoms with E-state index in [0.717, 1.165) is 28.4 Å². The molecular formula is C12H14BrNO. The third-order valence-electron chi connectivity index (χ3n) is 2.88. The lowest BCUT2D eigenvalue weighted by Gasteiger charge is -2.26. The molecule has 0 aromatic heterocycles. The molecule has 0 atom stereocenters. The van der Waals surface area contributed by atoms with Crippen molar-refractivity contribution in [1.29, 1.82) is 0 Å². The van der Waals surface area contributed by atoms with Crippen molar-refractivity contribution in [3.05, 3.63) is 33.8 Å². The molecule has 1 aliphatic carbocycles. The van der Waals surface area contributed by atoms with E-state index in [-0.39, 0.29) is 5.91 Å². The summed E-state index contributed by atoms with van der Waals surface area (Å²) in [6.45, 7) is 1.96. The lowest BCUT2D eigenvalue weighted by molar-refractivity contribution is 0.0916. The number of carbonyl (C=O) groups excluding carboxylic acids is 1. The molecule has 15 heavy (non-hydrogen) atoms. The van der Waals surface area contributed by atoms with Crippen LogP contribution in [0.15, 0.2) is 22.7 Å². The van der Waals surface area contributed by atoms with Crippen LogP contribution in [0.5, 0.6) is 0 Å². The maximum atomic E-state index is 11.9. The number of rotatable bonds is 2. The molecule has 0 saturated heterocycles. The van der Waals surface area contributed by atoms with Gasteiger partial charge in [-0.05, 0) is 43.9 Å². The average molecular weight is 268 g/mol. The van der Waals surface area contributed by atoms with E-state index in [1.54, 1.807) is 0 Å². The number of benzene rings is 1. The second-order valence-corrected chi connectivity index (χ2v) is 4.98. The first-order chi connectivity index (χ1) is 7.16. The Labute approximate surface area is 98.2 Å². The normalized spacial score (nSPS) is 15.9. The smallest absolute Gasteiger partial charge is 0.251 e. The molecule has 0 aliphatic heterocycles. The number of amides is 1. The number of hydrogen-bond acceptors (Lipinski definition) is 1. The van der Waals surface area contributed by atoms with E-state index in [4.69, 9.17) is 0 Å². The van der Waals surface area contributed by atoms with Gasteiger partial charge in [-0.25, -0.2) is 0 Å². The first-order valence-electron chi connectivity index (χ1n) is 5.24. The van der Waals surface area contributed by atoms with Gasteiger partial charge < -0.3 is 5.32 Å². The third-order valence-corrected chi connectivity index (χ3v) is 3.38. The summed E-state index contributed by atoms with van der Waals surface area (Å²) in [6.07, 6.45) is 3.49. The summed E-state index contributed by atoms with van der Waals surface area (Å²) in [4.78, 5) is 11.9. The summed E-state index contributed by atoms with van der Waals surface area (Å²) < 4.78 is 0.951. The molecule has 0 heterocycles. The van der Waals surface area contributed by atoms with E-state index in [1.165, 1.54) is 6.42 Å². The van der Waals surface area contributed by atoms with Crippen LogP contribution in [0.25, 0.3) is 0 Å². The van der Waals surface area contributed by atoms with Gasteiger partial charge in [0.1, 0.15) is 0 Å². The van der Waals surface area contributed by atoms with Gasteiger partial charge in [0.25, 0.3) is 5.91 Å². The third kappa shape index (κ3) is 2.40. The molecule has 0 spiro atoms. The molecule has 80 valence electrons. The maximum absolute atomic E-state index is 11.9. The molecule has 0 unspecified atom stereocenters. The Hall–Kier alpha value is -0.830. The minimum atomic E-state index is 0.0542. The lowest BCUT2D eigenvalue weighted by Crippen LogP contribution is -2.39. The van der Waals surface area contributed by atoms with Crippen molar-refractivity contribution in [1.82, 2.24) is 5.32 Å². The summed E-state index contributed by atoms with van der Waals surface area (Å²) in [5, 5.41) is 3.04. The van der Waals surface area contributed by atoms with Crippen molar-refractivity contribution in [3.63, 3.8) is 0 Å². The lowest BCUT2D eigenvalue weighted by atomic mass is 9.93. The van der Waals surface area contributed by atoms with Crippen molar-refractivity contribution in [2.24, 2.45) is 0 Å². The second-order valence-electron chi connectivity index (χ2n) is 4.06. The van der Waals surface area contributed by atoms with Crippen LogP contribution in [0.1, 0.15) is 35.2 Å². The largest absolute Gasteiger partial charge is 0.349 e. The molecule has 2 nitrogen and oxygen atoms in total. The first kappa shape index (κ1) is 10.7. The van der Waals surface area contributed by atoms with Crippen LogP contribution in [-0.4, -0.2) is 11.9 Å². The second kappa shape index (κ2) is 4.35. The van der Waals surface area contributed by atoms with Crippen molar-refractivity contribution in [2.45, 2.75) is 32.2 Å². The highest BCUT2D eigenvalue weighted by Gasteiger charge is 2.20. The fraction of sp³-hybridized carbons (Fsp3) is 0.417. The predicted molar refractivity (Wildman–Crippen MR) is 64.0 cm³/mol. The molecule has 1 saturated carbocycles. The summed E-state index contributed by atoms with van der Waals surface area (Å²) in [5.74, 6) is 0.0542. The number of carbonyl (C=O) groups is 1. The zero-order chi connectivity index (χ0) is 10.8. The Balaban J connectivity index is 2.12. The number of nitrogens with one attached hydrogen (secondary N) is 1. The van der Waals surface area contributed by atoms with Crippen LogP contribution >= 0.6 is 15.9 Å². The Bertz CT molecular complexity index is 385. The number of aryl methyl sites for hydroxylation is 1. The molecule has 0 radical (unpaired) electrons. The van der Waals surface area contributed by atoms with Gasteiger partial charge in [-0.1, -0.05) is 22.0 Å². The first-order valence-corrected chi connectivity index (χ1v) is 6.03. The van der Waals surface area contributed by atoms with Crippen LogP contribution in [-0.2, 0) is 0 Å². The van der Waals surface area contributed by atoms with Crippen molar-refractivity contribution in [2.75, 3.05) is 0 Å². The maximum Gasteiger partial charge on any atom is 0.251 e. The van der Waals surface area contributed by atoms with E-state index in [1.807, 2.05) is 25.1 Å². The Morgan fingerprint density at radius 2 is 2.20 bits per heavy atom. The molecular weight excluding hydrogens is 254 g/mol. The molecule has 1 aromatic carbocycles. The van der Waals surface area contributed by atoms with Gasteiger partial charge in [0.2, 0.25) is 0 Å². The van der Waals surface area contributed by atoms with E-state index >= 15 is 0 Å². The van der Waals surface area contributed by atoms with Gasteiger partial charge in [-0.3, -0.25) is 4.79 Å². The van der Waals surface area contributed by atoms with Gasteiger partial charge in [-0.15, -0.1) is 0 Å². The fourth-order valence-electron chi connectivity index (χ4n) is 1.65. The van der Waals surface area contributed by atoms with Gasteiger partial charge in [0.05, 0.1) is 0 Å². The molecule has 0 bridgehead atoms. The Morgan fingerprint density at radius 3 is 2.80 bits per heavy atom. The highest BCUT2D eigenvalue weighted by molar-refractivity contribution is 9.10. The summed E-state index contributed by atoms with van der Waals surface area (Å²) in [5.41, 5.74) is 1.80. The number of halogens is 1. The SMILES string of the molecule is Cc1ccc(Br)cc1C(=O)NC1CCC1. The minimum Gasteiger partial charge on any atom is -0.349 e. The topological polar surface area (TPSA) is 29.1 Å². The minimum absolute atomic E-state index is 0.0542. The summed E-state index contributed by atoms with van der Waals surface area (Å²) >= 11 is 3.38. The van der Waals surface area contributed by atoms with E-state index in [0.29, 0.717) is 6.04 Å². The Morgan fingerprint density at radius 1 is 1.47 bits per heavy atom. The van der Waals surface area contributed by atoms with Crippen molar-refractivity contribution >= 4 is 21.8 Å². The molecule has 1 amide bonds.